The van der Waals surface area contributed by atoms with Crippen molar-refractivity contribution in [1.29, 1.82) is 0 Å². The van der Waals surface area contributed by atoms with Gasteiger partial charge in [-0.15, -0.1) is 0 Å². The number of aliphatic hydroxyl groups is 2. The van der Waals surface area contributed by atoms with Gasteiger partial charge in [0, 0.05) is 17.0 Å². The Hall–Kier alpha value is -3.33. The fourth-order valence-electron chi connectivity index (χ4n) is 4.01. The van der Waals surface area contributed by atoms with Gasteiger partial charge in [-0.2, -0.15) is 0 Å². The molecule has 1 saturated heterocycles. The number of nitrogens with one attached hydrogen (secondary N) is 1. The van der Waals surface area contributed by atoms with Crippen LogP contribution < -0.4 is 10.1 Å². The maximum Gasteiger partial charge on any atom is 0.260 e. The smallest absolute Gasteiger partial charge is 0.260 e. The number of hydrogen-bond acceptors (Lipinski definition) is 7. The summed E-state index contributed by atoms with van der Waals surface area (Å²) in [6.07, 6.45) is -0.521. The number of fused-ring (bicyclic) bond motifs is 1. The summed E-state index contributed by atoms with van der Waals surface area (Å²) in [4.78, 5) is 12.6. The molecular formula is C23H19ClN2O6. The summed E-state index contributed by atoms with van der Waals surface area (Å²) in [5, 5.41) is 27.6. The van der Waals surface area contributed by atoms with Crippen LogP contribution in [-0.4, -0.2) is 47.7 Å². The SMILES string of the molecule is COc1cc(/C(O)=C2\C(=O)Nc3cc(Cl)c(-c4ccc([C@H]5COC[C@@H]5O)cc4)cc32)on1. The summed E-state index contributed by atoms with van der Waals surface area (Å²) in [7, 11) is 1.42. The van der Waals surface area contributed by atoms with Gasteiger partial charge in [-0.05, 0) is 28.4 Å². The van der Waals surface area contributed by atoms with E-state index in [9.17, 15) is 15.0 Å². The van der Waals surface area contributed by atoms with Gasteiger partial charge in [0.2, 0.25) is 5.76 Å². The van der Waals surface area contributed by atoms with Gasteiger partial charge in [0.1, 0.15) is 0 Å². The monoisotopic (exact) mass is 454 g/mol. The molecule has 5 rings (SSSR count). The maximum atomic E-state index is 12.6. The van der Waals surface area contributed by atoms with Crippen molar-refractivity contribution in [2.45, 2.75) is 12.0 Å². The maximum absolute atomic E-state index is 12.6. The van der Waals surface area contributed by atoms with Crippen LogP contribution in [0.15, 0.2) is 47.0 Å². The number of carbonyl (C=O) groups is 1. The number of nitrogens with zero attached hydrogens (tertiary/aromatic N) is 1. The van der Waals surface area contributed by atoms with Crippen molar-refractivity contribution in [3.05, 3.63) is 64.4 Å². The molecule has 0 spiro atoms. The Labute approximate surface area is 188 Å². The Balaban J connectivity index is 1.54. The van der Waals surface area contributed by atoms with E-state index in [2.05, 4.69) is 10.5 Å². The molecule has 9 heteroatoms. The van der Waals surface area contributed by atoms with Crippen molar-refractivity contribution in [3.63, 3.8) is 0 Å². The van der Waals surface area contributed by atoms with Crippen molar-refractivity contribution in [2.24, 2.45) is 0 Å². The number of aliphatic hydroxyl groups excluding tert-OH is 2. The first-order valence-corrected chi connectivity index (χ1v) is 10.3. The van der Waals surface area contributed by atoms with Crippen LogP contribution >= 0.6 is 11.6 Å². The molecule has 0 unspecified atom stereocenters. The summed E-state index contributed by atoms with van der Waals surface area (Å²) in [5.41, 5.74) is 3.53. The molecule has 0 aliphatic carbocycles. The zero-order valence-electron chi connectivity index (χ0n) is 17.0. The van der Waals surface area contributed by atoms with Crippen molar-refractivity contribution in [3.8, 4) is 17.0 Å². The lowest BCUT2D eigenvalue weighted by Gasteiger charge is -2.14. The number of rotatable bonds is 4. The second kappa shape index (κ2) is 7.98. The molecule has 3 heterocycles. The van der Waals surface area contributed by atoms with Gasteiger partial charge in [-0.3, -0.25) is 4.79 Å². The van der Waals surface area contributed by atoms with Crippen LogP contribution in [0.25, 0.3) is 22.5 Å². The zero-order chi connectivity index (χ0) is 22.4. The third-order valence-electron chi connectivity index (χ3n) is 5.72. The quantitative estimate of drug-likeness (QED) is 0.405. The summed E-state index contributed by atoms with van der Waals surface area (Å²) < 4.78 is 15.4. The first-order chi connectivity index (χ1) is 15.5. The Kier molecular flexibility index (Phi) is 5.13. The van der Waals surface area contributed by atoms with Gasteiger partial charge in [0.25, 0.3) is 11.8 Å². The predicted molar refractivity (Wildman–Crippen MR) is 118 cm³/mol. The van der Waals surface area contributed by atoms with Crippen molar-refractivity contribution >= 4 is 34.5 Å². The topological polar surface area (TPSA) is 114 Å². The molecule has 1 fully saturated rings. The highest BCUT2D eigenvalue weighted by molar-refractivity contribution is 6.38. The summed E-state index contributed by atoms with van der Waals surface area (Å²) >= 11 is 6.51. The largest absolute Gasteiger partial charge is 0.504 e. The van der Waals surface area contributed by atoms with Crippen molar-refractivity contribution < 1.29 is 29.0 Å². The molecule has 2 aromatic carbocycles. The number of methoxy groups -OCH3 is 1. The van der Waals surface area contributed by atoms with Crippen LogP contribution in [0.5, 0.6) is 5.88 Å². The van der Waals surface area contributed by atoms with Crippen LogP contribution in [0.2, 0.25) is 5.02 Å². The van der Waals surface area contributed by atoms with Crippen LogP contribution in [-0.2, 0) is 9.53 Å². The fraction of sp³-hybridized carbons (Fsp3) is 0.217. The molecule has 1 amide bonds. The van der Waals surface area contributed by atoms with E-state index in [0.717, 1.165) is 11.1 Å². The number of benzene rings is 2. The fourth-order valence-corrected chi connectivity index (χ4v) is 4.28. The normalized spacial score (nSPS) is 21.4. The zero-order valence-corrected chi connectivity index (χ0v) is 17.7. The average Bonchev–Trinajstić information content (AvgIpc) is 3.51. The van der Waals surface area contributed by atoms with E-state index in [0.29, 0.717) is 35.1 Å². The van der Waals surface area contributed by atoms with Crippen molar-refractivity contribution in [2.75, 3.05) is 25.6 Å². The van der Waals surface area contributed by atoms with E-state index in [4.69, 9.17) is 25.6 Å². The number of aromatic nitrogens is 1. The van der Waals surface area contributed by atoms with Gasteiger partial charge in [-0.1, -0.05) is 35.9 Å². The molecule has 2 aliphatic rings. The Morgan fingerprint density at radius 3 is 2.62 bits per heavy atom. The van der Waals surface area contributed by atoms with E-state index in [-0.39, 0.29) is 28.9 Å². The van der Waals surface area contributed by atoms with Gasteiger partial charge < -0.3 is 29.5 Å². The number of amides is 1. The van der Waals surface area contributed by atoms with E-state index in [1.54, 1.807) is 12.1 Å². The third kappa shape index (κ3) is 3.42. The van der Waals surface area contributed by atoms with Crippen LogP contribution in [0.4, 0.5) is 5.69 Å². The number of hydrogen-bond donors (Lipinski definition) is 3. The van der Waals surface area contributed by atoms with Gasteiger partial charge in [-0.25, -0.2) is 0 Å². The van der Waals surface area contributed by atoms with E-state index < -0.39 is 12.0 Å². The van der Waals surface area contributed by atoms with Gasteiger partial charge in [0.15, 0.2) is 5.76 Å². The molecule has 1 aromatic heterocycles. The first kappa shape index (κ1) is 20.6. The highest BCUT2D eigenvalue weighted by Gasteiger charge is 2.31. The Morgan fingerprint density at radius 2 is 1.97 bits per heavy atom. The van der Waals surface area contributed by atoms with E-state index >= 15 is 0 Å². The average molecular weight is 455 g/mol. The Bertz CT molecular complexity index is 1230. The molecule has 0 bridgehead atoms. The van der Waals surface area contributed by atoms with E-state index in [1.165, 1.54) is 13.2 Å². The molecule has 3 N–H and O–H groups in total. The van der Waals surface area contributed by atoms with Crippen LogP contribution in [0.1, 0.15) is 22.8 Å². The highest BCUT2D eigenvalue weighted by Crippen LogP contribution is 2.42. The van der Waals surface area contributed by atoms with Crippen LogP contribution in [0.3, 0.4) is 0 Å². The number of anilines is 1. The lowest BCUT2D eigenvalue weighted by atomic mass is 9.93. The lowest BCUT2D eigenvalue weighted by molar-refractivity contribution is -0.110. The molecular weight excluding hydrogens is 436 g/mol. The minimum absolute atomic E-state index is 0.0121. The summed E-state index contributed by atoms with van der Waals surface area (Å²) in [6.45, 7) is 0.813. The minimum atomic E-state index is -0.521. The number of ether oxygens (including phenoxy) is 2. The second-order valence-electron chi connectivity index (χ2n) is 7.62. The minimum Gasteiger partial charge on any atom is -0.504 e. The molecule has 0 saturated carbocycles. The summed E-state index contributed by atoms with van der Waals surface area (Å²) in [5.74, 6) is -0.701. The highest BCUT2D eigenvalue weighted by atomic mass is 35.5. The van der Waals surface area contributed by atoms with Gasteiger partial charge in [0.05, 0.1) is 48.8 Å². The molecule has 2 atom stereocenters. The standard InChI is InChI=1S/C23H19ClN2O6/c1-30-20-8-19(32-26-20)22(28)21-14-6-13(16(24)7-17(14)25-23(21)29)11-2-4-12(5-3-11)15-9-31-10-18(15)27/h2-8,15,18,27-28H,9-10H2,1H3,(H,25,29)/b22-21+/t15-,18+/m1/s1. The molecule has 164 valence electrons. The number of halogens is 1. The Morgan fingerprint density at radius 1 is 1.19 bits per heavy atom. The predicted octanol–water partition coefficient (Wildman–Crippen LogP) is 3.86. The molecule has 8 nitrogen and oxygen atoms in total. The summed E-state index contributed by atoms with van der Waals surface area (Å²) in [6, 6.07) is 12.5. The third-order valence-corrected chi connectivity index (χ3v) is 6.03. The lowest BCUT2D eigenvalue weighted by Crippen LogP contribution is -2.15. The van der Waals surface area contributed by atoms with Crippen molar-refractivity contribution in [1.82, 2.24) is 5.16 Å². The second-order valence-corrected chi connectivity index (χ2v) is 8.03. The number of carbonyl (C=O) groups excluding carboxylic acids is 1. The molecule has 0 radical (unpaired) electrons. The molecule has 3 aromatic rings. The molecule has 2 aliphatic heterocycles. The van der Waals surface area contributed by atoms with Crippen LogP contribution in [0, 0.1) is 0 Å². The molecule has 32 heavy (non-hydrogen) atoms. The van der Waals surface area contributed by atoms with Gasteiger partial charge >= 0.3 is 0 Å². The first-order valence-electron chi connectivity index (χ1n) is 9.92. The van der Waals surface area contributed by atoms with E-state index in [1.807, 2.05) is 24.3 Å².